The standard InChI is InChI=1S/C22H22N2O7S/c1-28-15-7-5-14(6-8-15)24-21(27)16(20(26)23-22(24)32)10-13-4-9-17(18(11-13)29-2)31-12-19(25)30-3/h4-11,19,25H,12H2,1-3H3,(H,23,26,32)/b16-10+. The minimum absolute atomic E-state index is 0.0136. The fraction of sp³-hybridized carbons (Fsp3) is 0.227. The third-order valence-corrected chi connectivity index (χ3v) is 4.87. The Kier molecular flexibility index (Phi) is 7.41. The number of rotatable bonds is 8. The smallest absolute Gasteiger partial charge is 0.270 e. The summed E-state index contributed by atoms with van der Waals surface area (Å²) in [7, 11) is 4.35. The summed E-state index contributed by atoms with van der Waals surface area (Å²) in [6.07, 6.45) is 0.351. The van der Waals surface area contributed by atoms with Crippen molar-refractivity contribution in [2.24, 2.45) is 0 Å². The number of benzene rings is 2. The van der Waals surface area contributed by atoms with E-state index in [0.29, 0.717) is 28.5 Å². The topological polar surface area (TPSA) is 107 Å². The summed E-state index contributed by atoms with van der Waals surface area (Å²) in [5, 5.41) is 12.0. The predicted octanol–water partition coefficient (Wildman–Crippen LogP) is 1.88. The van der Waals surface area contributed by atoms with Crippen LogP contribution in [-0.2, 0) is 14.3 Å². The molecule has 1 heterocycles. The maximum atomic E-state index is 13.1. The highest BCUT2D eigenvalue weighted by molar-refractivity contribution is 7.80. The number of hydrogen-bond acceptors (Lipinski definition) is 8. The molecule has 0 saturated carbocycles. The van der Waals surface area contributed by atoms with Gasteiger partial charge in [-0.05, 0) is 60.3 Å². The van der Waals surface area contributed by atoms with Gasteiger partial charge in [-0.2, -0.15) is 0 Å². The van der Waals surface area contributed by atoms with Crippen LogP contribution in [0.2, 0.25) is 0 Å². The molecule has 1 aliphatic rings. The minimum atomic E-state index is -1.09. The fourth-order valence-electron chi connectivity index (χ4n) is 2.91. The van der Waals surface area contributed by atoms with E-state index in [0.717, 1.165) is 0 Å². The zero-order valence-corrected chi connectivity index (χ0v) is 18.5. The van der Waals surface area contributed by atoms with Gasteiger partial charge in [-0.1, -0.05) is 6.07 Å². The molecule has 0 aromatic heterocycles. The highest BCUT2D eigenvalue weighted by Crippen LogP contribution is 2.30. The number of carbonyl (C=O) groups excluding carboxylic acids is 2. The second-order valence-electron chi connectivity index (χ2n) is 6.57. The summed E-state index contributed by atoms with van der Waals surface area (Å²) in [5.74, 6) is 0.176. The van der Waals surface area contributed by atoms with Gasteiger partial charge in [-0.25, -0.2) is 0 Å². The number of ether oxygens (including phenoxy) is 4. The van der Waals surface area contributed by atoms with E-state index >= 15 is 0 Å². The molecule has 1 fully saturated rings. The molecule has 2 aromatic rings. The Balaban J connectivity index is 1.89. The second-order valence-corrected chi connectivity index (χ2v) is 6.95. The van der Waals surface area contributed by atoms with Gasteiger partial charge < -0.3 is 24.1 Å². The first kappa shape index (κ1) is 23.2. The van der Waals surface area contributed by atoms with Crippen LogP contribution >= 0.6 is 12.2 Å². The van der Waals surface area contributed by atoms with Crippen LogP contribution in [0.25, 0.3) is 6.08 Å². The van der Waals surface area contributed by atoms with E-state index < -0.39 is 18.1 Å². The van der Waals surface area contributed by atoms with Gasteiger partial charge in [0, 0.05) is 7.11 Å². The molecule has 0 bridgehead atoms. The van der Waals surface area contributed by atoms with Crippen molar-refractivity contribution in [3.63, 3.8) is 0 Å². The summed E-state index contributed by atoms with van der Waals surface area (Å²) in [6.45, 7) is -0.0948. The summed E-state index contributed by atoms with van der Waals surface area (Å²) < 4.78 is 20.7. The zero-order chi connectivity index (χ0) is 23.3. The number of aliphatic hydroxyl groups is 1. The molecule has 2 N–H and O–H groups in total. The Morgan fingerprint density at radius 1 is 1.06 bits per heavy atom. The van der Waals surface area contributed by atoms with E-state index in [2.05, 4.69) is 5.32 Å². The van der Waals surface area contributed by atoms with Crippen LogP contribution in [0.4, 0.5) is 5.69 Å². The fourth-order valence-corrected chi connectivity index (χ4v) is 3.19. The highest BCUT2D eigenvalue weighted by atomic mass is 32.1. The van der Waals surface area contributed by atoms with Gasteiger partial charge >= 0.3 is 0 Å². The summed E-state index contributed by atoms with van der Waals surface area (Å²) in [5.41, 5.74) is 0.923. The molecule has 9 nitrogen and oxygen atoms in total. The van der Waals surface area contributed by atoms with Crippen molar-refractivity contribution in [3.8, 4) is 17.2 Å². The molecule has 0 radical (unpaired) electrons. The van der Waals surface area contributed by atoms with Crippen molar-refractivity contribution in [2.45, 2.75) is 6.29 Å². The van der Waals surface area contributed by atoms with Crippen molar-refractivity contribution in [2.75, 3.05) is 32.8 Å². The third-order valence-electron chi connectivity index (χ3n) is 4.58. The number of aliphatic hydroxyl groups excluding tert-OH is 1. The van der Waals surface area contributed by atoms with E-state index in [1.807, 2.05) is 0 Å². The normalized spacial score (nSPS) is 16.1. The number of nitrogens with zero attached hydrogens (tertiary/aromatic N) is 1. The molecule has 2 aromatic carbocycles. The molecule has 10 heteroatoms. The van der Waals surface area contributed by atoms with Gasteiger partial charge in [0.15, 0.2) is 22.9 Å². The van der Waals surface area contributed by atoms with E-state index in [1.165, 1.54) is 32.3 Å². The summed E-state index contributed by atoms with van der Waals surface area (Å²) >= 11 is 5.21. The van der Waals surface area contributed by atoms with E-state index in [4.69, 9.17) is 31.2 Å². The first-order valence-electron chi connectivity index (χ1n) is 9.45. The SMILES string of the molecule is COc1ccc(N2C(=O)/C(=C/c3ccc(OCC(O)OC)c(OC)c3)C(=O)NC2=S)cc1. The van der Waals surface area contributed by atoms with E-state index in [1.54, 1.807) is 42.5 Å². The predicted molar refractivity (Wildman–Crippen MR) is 121 cm³/mol. The monoisotopic (exact) mass is 458 g/mol. The number of amides is 2. The molecule has 1 atom stereocenters. The van der Waals surface area contributed by atoms with Crippen LogP contribution in [0, 0.1) is 0 Å². The maximum absolute atomic E-state index is 13.1. The Labute approximate surface area is 190 Å². The molecule has 168 valence electrons. The van der Waals surface area contributed by atoms with Crippen LogP contribution in [0.1, 0.15) is 5.56 Å². The van der Waals surface area contributed by atoms with Gasteiger partial charge in [-0.15, -0.1) is 0 Å². The van der Waals surface area contributed by atoms with Crippen molar-refractivity contribution in [1.82, 2.24) is 5.32 Å². The Morgan fingerprint density at radius 2 is 1.78 bits per heavy atom. The van der Waals surface area contributed by atoms with Gasteiger partial charge in [0.1, 0.15) is 17.9 Å². The first-order valence-corrected chi connectivity index (χ1v) is 9.86. The van der Waals surface area contributed by atoms with Crippen LogP contribution in [0.3, 0.4) is 0 Å². The number of methoxy groups -OCH3 is 3. The largest absolute Gasteiger partial charge is 0.497 e. The molecule has 3 rings (SSSR count). The van der Waals surface area contributed by atoms with Crippen molar-refractivity contribution >= 4 is 40.9 Å². The van der Waals surface area contributed by atoms with Gasteiger partial charge in [0.05, 0.1) is 19.9 Å². The lowest BCUT2D eigenvalue weighted by molar-refractivity contribution is -0.122. The highest BCUT2D eigenvalue weighted by Gasteiger charge is 2.34. The zero-order valence-electron chi connectivity index (χ0n) is 17.7. The molecule has 0 aliphatic carbocycles. The van der Waals surface area contributed by atoms with Gasteiger partial charge in [-0.3, -0.25) is 19.8 Å². The Morgan fingerprint density at radius 3 is 2.41 bits per heavy atom. The average molecular weight is 458 g/mol. The van der Waals surface area contributed by atoms with Crippen LogP contribution in [0.5, 0.6) is 17.2 Å². The summed E-state index contributed by atoms with van der Waals surface area (Å²) in [6, 6.07) is 11.6. The van der Waals surface area contributed by atoms with Gasteiger partial charge in [0.25, 0.3) is 11.8 Å². The molecular weight excluding hydrogens is 436 g/mol. The number of anilines is 1. The lowest BCUT2D eigenvalue weighted by Crippen LogP contribution is -2.54. The van der Waals surface area contributed by atoms with E-state index in [-0.39, 0.29) is 17.3 Å². The molecule has 2 amide bonds. The molecule has 1 aliphatic heterocycles. The number of carbonyl (C=O) groups is 2. The van der Waals surface area contributed by atoms with Crippen molar-refractivity contribution < 1.29 is 33.6 Å². The van der Waals surface area contributed by atoms with Crippen molar-refractivity contribution in [1.29, 1.82) is 0 Å². The van der Waals surface area contributed by atoms with Gasteiger partial charge in [0.2, 0.25) is 0 Å². The minimum Gasteiger partial charge on any atom is -0.497 e. The summed E-state index contributed by atoms with van der Waals surface area (Å²) in [4.78, 5) is 26.9. The Bertz CT molecular complexity index is 1050. The van der Waals surface area contributed by atoms with Crippen molar-refractivity contribution in [3.05, 3.63) is 53.6 Å². The lowest BCUT2D eigenvalue weighted by Gasteiger charge is -2.29. The molecule has 32 heavy (non-hydrogen) atoms. The molecule has 0 spiro atoms. The number of thiocarbonyl (C=S) groups is 1. The van der Waals surface area contributed by atoms with E-state index in [9.17, 15) is 14.7 Å². The van der Waals surface area contributed by atoms with Crippen LogP contribution in [-0.4, -0.2) is 56.3 Å². The van der Waals surface area contributed by atoms with Crippen LogP contribution in [0.15, 0.2) is 48.0 Å². The molecule has 1 unspecified atom stereocenters. The lowest BCUT2D eigenvalue weighted by atomic mass is 10.1. The third kappa shape index (κ3) is 5.05. The number of hydrogen-bond donors (Lipinski definition) is 2. The molecule has 1 saturated heterocycles. The quantitative estimate of drug-likeness (QED) is 0.267. The average Bonchev–Trinajstić information content (AvgIpc) is 2.80. The molecular formula is C22H22N2O7S. The number of nitrogens with one attached hydrogen (secondary N) is 1. The van der Waals surface area contributed by atoms with Crippen LogP contribution < -0.4 is 24.4 Å². The Hall–Kier alpha value is -3.47. The maximum Gasteiger partial charge on any atom is 0.270 e. The first-order chi connectivity index (χ1) is 15.4. The second kappa shape index (κ2) is 10.2.